The number of aliphatic hydroxyl groups is 1. The van der Waals surface area contributed by atoms with Gasteiger partial charge in [-0.1, -0.05) is 6.92 Å². The molecule has 0 aromatic heterocycles. The third-order valence-corrected chi connectivity index (χ3v) is 5.35. The molecule has 0 bridgehead atoms. The average Bonchev–Trinajstić information content (AvgIpc) is 2.83. The van der Waals surface area contributed by atoms with E-state index in [1.54, 1.807) is 0 Å². The number of aliphatic hydroxyl groups excluding tert-OH is 1. The second-order valence-electron chi connectivity index (χ2n) is 6.44. The lowest BCUT2D eigenvalue weighted by Gasteiger charge is -2.34. The Morgan fingerprint density at radius 1 is 0.938 bits per heavy atom. The van der Waals surface area contributed by atoms with Gasteiger partial charge in [-0.3, -0.25) is 4.90 Å². The van der Waals surface area contributed by atoms with Gasteiger partial charge in [0.2, 0.25) is 0 Å². The number of fused-ring (bicyclic) bond motifs is 1. The average molecular weight is 223 g/mol. The Morgan fingerprint density at radius 3 is 2.38 bits per heavy atom. The molecule has 3 fully saturated rings. The van der Waals surface area contributed by atoms with Crippen molar-refractivity contribution >= 4 is 0 Å². The maximum Gasteiger partial charge on any atom is 0.0583 e. The highest BCUT2D eigenvalue weighted by molar-refractivity contribution is 4.96. The first-order valence-corrected chi connectivity index (χ1v) is 7.16. The van der Waals surface area contributed by atoms with Crippen LogP contribution in [0.15, 0.2) is 0 Å². The Bertz CT molecular complexity index is 247. The molecule has 1 aliphatic heterocycles. The lowest BCUT2D eigenvalue weighted by molar-refractivity contribution is 0.108. The quantitative estimate of drug-likeness (QED) is 0.737. The van der Waals surface area contributed by atoms with Crippen molar-refractivity contribution in [2.45, 2.75) is 57.6 Å². The van der Waals surface area contributed by atoms with Crippen LogP contribution in [0.5, 0.6) is 0 Å². The predicted molar refractivity (Wildman–Crippen MR) is 65.2 cm³/mol. The summed E-state index contributed by atoms with van der Waals surface area (Å²) >= 11 is 0. The summed E-state index contributed by atoms with van der Waals surface area (Å²) in [5, 5.41) is 9.93. The maximum absolute atomic E-state index is 9.93. The topological polar surface area (TPSA) is 23.5 Å². The number of rotatable bonds is 1. The Balaban J connectivity index is 1.58. The van der Waals surface area contributed by atoms with E-state index >= 15 is 0 Å². The minimum Gasteiger partial charge on any atom is -0.393 e. The van der Waals surface area contributed by atoms with Gasteiger partial charge in [0.25, 0.3) is 0 Å². The molecule has 16 heavy (non-hydrogen) atoms. The van der Waals surface area contributed by atoms with Crippen LogP contribution in [0.1, 0.15) is 45.4 Å². The molecule has 1 heterocycles. The van der Waals surface area contributed by atoms with Crippen molar-refractivity contribution < 1.29 is 5.11 Å². The largest absolute Gasteiger partial charge is 0.393 e. The minimum atomic E-state index is 0.0116. The van der Waals surface area contributed by atoms with E-state index in [1.807, 2.05) is 0 Å². The van der Waals surface area contributed by atoms with E-state index in [1.165, 1.54) is 45.2 Å². The fourth-order valence-corrected chi connectivity index (χ4v) is 4.18. The fraction of sp³-hybridized carbons (Fsp3) is 1.00. The van der Waals surface area contributed by atoms with Crippen molar-refractivity contribution in [3.05, 3.63) is 0 Å². The highest BCUT2D eigenvalue weighted by Crippen LogP contribution is 2.40. The molecule has 2 heteroatoms. The molecule has 2 saturated carbocycles. The number of likely N-dealkylation sites (tertiary alicyclic amines) is 1. The Kier molecular flexibility index (Phi) is 2.97. The molecular formula is C14H25NO. The third kappa shape index (κ3) is 1.91. The summed E-state index contributed by atoms with van der Waals surface area (Å²) in [7, 11) is 0. The summed E-state index contributed by atoms with van der Waals surface area (Å²) in [4.78, 5) is 2.70. The molecule has 1 N–H and O–H groups in total. The molecule has 3 unspecified atom stereocenters. The number of hydrogen-bond acceptors (Lipinski definition) is 2. The lowest BCUT2D eigenvalue weighted by Crippen LogP contribution is -2.37. The van der Waals surface area contributed by atoms with E-state index in [0.29, 0.717) is 5.92 Å². The number of nitrogens with zero attached hydrogens (tertiary/aromatic N) is 1. The summed E-state index contributed by atoms with van der Waals surface area (Å²) < 4.78 is 0. The van der Waals surface area contributed by atoms with Gasteiger partial charge in [-0.25, -0.2) is 0 Å². The van der Waals surface area contributed by atoms with E-state index in [9.17, 15) is 5.11 Å². The van der Waals surface area contributed by atoms with E-state index in [2.05, 4.69) is 11.8 Å². The van der Waals surface area contributed by atoms with Crippen LogP contribution in [0.4, 0.5) is 0 Å². The zero-order chi connectivity index (χ0) is 11.1. The third-order valence-electron chi connectivity index (χ3n) is 5.35. The molecule has 1 saturated heterocycles. The SMILES string of the molecule is CC1CCC(N2CC3CCC(O)C3C2)CC1. The van der Waals surface area contributed by atoms with E-state index in [4.69, 9.17) is 0 Å². The second-order valence-corrected chi connectivity index (χ2v) is 6.44. The predicted octanol–water partition coefficient (Wildman–Crippen LogP) is 2.27. The van der Waals surface area contributed by atoms with Crippen LogP contribution in [-0.4, -0.2) is 35.2 Å². The molecule has 92 valence electrons. The standard InChI is InChI=1S/C14H25NO/c1-10-2-5-12(6-3-10)15-8-11-4-7-14(16)13(11)9-15/h10-14,16H,2-9H2,1H3. The fourth-order valence-electron chi connectivity index (χ4n) is 4.18. The smallest absolute Gasteiger partial charge is 0.0583 e. The van der Waals surface area contributed by atoms with Gasteiger partial charge < -0.3 is 5.11 Å². The summed E-state index contributed by atoms with van der Waals surface area (Å²) in [6.07, 6.45) is 7.97. The zero-order valence-electron chi connectivity index (χ0n) is 10.4. The summed E-state index contributed by atoms with van der Waals surface area (Å²) in [5.74, 6) is 2.37. The van der Waals surface area contributed by atoms with Crippen molar-refractivity contribution in [2.75, 3.05) is 13.1 Å². The van der Waals surface area contributed by atoms with Gasteiger partial charge in [-0.05, 0) is 50.4 Å². The maximum atomic E-state index is 9.93. The van der Waals surface area contributed by atoms with Crippen molar-refractivity contribution in [1.29, 1.82) is 0 Å². The molecular weight excluding hydrogens is 198 g/mol. The Labute approximate surface area is 99.0 Å². The van der Waals surface area contributed by atoms with Gasteiger partial charge >= 0.3 is 0 Å². The normalized spacial score (nSPS) is 49.5. The highest BCUT2D eigenvalue weighted by Gasteiger charge is 2.43. The second kappa shape index (κ2) is 4.30. The molecule has 3 atom stereocenters. The van der Waals surface area contributed by atoms with Crippen LogP contribution >= 0.6 is 0 Å². The van der Waals surface area contributed by atoms with Gasteiger partial charge in [0, 0.05) is 25.0 Å². The van der Waals surface area contributed by atoms with Gasteiger partial charge in [-0.2, -0.15) is 0 Å². The molecule has 0 radical (unpaired) electrons. The zero-order valence-corrected chi connectivity index (χ0v) is 10.4. The summed E-state index contributed by atoms with van der Waals surface area (Å²) in [6, 6.07) is 0.842. The first kappa shape index (κ1) is 11.0. The summed E-state index contributed by atoms with van der Waals surface area (Å²) in [6.45, 7) is 4.85. The first-order chi connectivity index (χ1) is 7.74. The number of hydrogen-bond donors (Lipinski definition) is 1. The van der Waals surface area contributed by atoms with Crippen LogP contribution in [0, 0.1) is 17.8 Å². The van der Waals surface area contributed by atoms with Crippen LogP contribution in [-0.2, 0) is 0 Å². The van der Waals surface area contributed by atoms with E-state index in [0.717, 1.165) is 24.3 Å². The van der Waals surface area contributed by atoms with Gasteiger partial charge in [-0.15, -0.1) is 0 Å². The van der Waals surface area contributed by atoms with Gasteiger partial charge in [0.15, 0.2) is 0 Å². The van der Waals surface area contributed by atoms with Crippen LogP contribution in [0.2, 0.25) is 0 Å². The summed E-state index contributed by atoms with van der Waals surface area (Å²) in [5.41, 5.74) is 0. The first-order valence-electron chi connectivity index (χ1n) is 7.16. The molecule has 0 amide bonds. The molecule has 0 spiro atoms. The molecule has 2 nitrogen and oxygen atoms in total. The Hall–Kier alpha value is -0.0800. The molecule has 3 rings (SSSR count). The monoisotopic (exact) mass is 223 g/mol. The van der Waals surface area contributed by atoms with Crippen molar-refractivity contribution in [2.24, 2.45) is 17.8 Å². The molecule has 0 aromatic carbocycles. The van der Waals surface area contributed by atoms with Gasteiger partial charge in [0.05, 0.1) is 6.10 Å². The lowest BCUT2D eigenvalue weighted by atomic mass is 9.86. The van der Waals surface area contributed by atoms with Crippen LogP contribution in [0.3, 0.4) is 0 Å². The van der Waals surface area contributed by atoms with E-state index in [-0.39, 0.29) is 6.10 Å². The van der Waals surface area contributed by atoms with Crippen molar-refractivity contribution in [1.82, 2.24) is 4.90 Å². The van der Waals surface area contributed by atoms with Crippen molar-refractivity contribution in [3.8, 4) is 0 Å². The Morgan fingerprint density at radius 2 is 1.69 bits per heavy atom. The highest BCUT2D eigenvalue weighted by atomic mass is 16.3. The molecule has 3 aliphatic rings. The molecule has 0 aromatic rings. The molecule has 2 aliphatic carbocycles. The van der Waals surface area contributed by atoms with E-state index < -0.39 is 0 Å². The van der Waals surface area contributed by atoms with Gasteiger partial charge in [0.1, 0.15) is 0 Å². The van der Waals surface area contributed by atoms with Crippen LogP contribution < -0.4 is 0 Å². The minimum absolute atomic E-state index is 0.0116. The van der Waals surface area contributed by atoms with Crippen molar-refractivity contribution in [3.63, 3.8) is 0 Å². The van der Waals surface area contributed by atoms with Crippen LogP contribution in [0.25, 0.3) is 0 Å².